The van der Waals surface area contributed by atoms with Gasteiger partial charge in [0.05, 0.1) is 4.92 Å². The summed E-state index contributed by atoms with van der Waals surface area (Å²) in [6.07, 6.45) is 0.130. The molecule has 5 nitrogen and oxygen atoms in total. The Balaban J connectivity index is 3.06. The van der Waals surface area contributed by atoms with Gasteiger partial charge in [-0.05, 0) is 12.1 Å². The van der Waals surface area contributed by atoms with E-state index in [9.17, 15) is 19.6 Å². The number of rotatable bonds is 3. The summed E-state index contributed by atoms with van der Waals surface area (Å²) in [5.74, 6) is 0. The first-order chi connectivity index (χ1) is 6.47. The van der Waals surface area contributed by atoms with Crippen molar-refractivity contribution in [3.63, 3.8) is 0 Å². The summed E-state index contributed by atoms with van der Waals surface area (Å²) >= 11 is 0. The fourth-order valence-electron chi connectivity index (χ4n) is 0.990. The summed E-state index contributed by atoms with van der Waals surface area (Å²) in [7, 11) is -3.30. The first-order valence-electron chi connectivity index (χ1n) is 4.04. The third-order valence-electron chi connectivity index (χ3n) is 1.89. The summed E-state index contributed by atoms with van der Waals surface area (Å²) in [6, 6.07) is 5.10. The first-order valence-corrected chi connectivity index (χ1v) is 5.88. The normalized spacial score (nSPS) is 14.7. The van der Waals surface area contributed by atoms with E-state index >= 15 is 0 Å². The van der Waals surface area contributed by atoms with Crippen molar-refractivity contribution in [2.75, 3.05) is 6.16 Å². The molecule has 0 aromatic heterocycles. The molecule has 0 saturated heterocycles. The van der Waals surface area contributed by atoms with Crippen molar-refractivity contribution in [1.29, 1.82) is 0 Å². The van der Waals surface area contributed by atoms with Crippen LogP contribution in [0.2, 0.25) is 0 Å². The van der Waals surface area contributed by atoms with Gasteiger partial charge in [0.25, 0.3) is 5.69 Å². The van der Waals surface area contributed by atoms with E-state index in [1.807, 2.05) is 0 Å². The second-order valence-electron chi connectivity index (χ2n) is 2.79. The zero-order chi connectivity index (χ0) is 10.8. The fourth-order valence-corrected chi connectivity index (χ4v) is 1.97. The summed E-state index contributed by atoms with van der Waals surface area (Å²) in [5, 5.41) is 10.6. The second-order valence-corrected chi connectivity index (χ2v) is 5.34. The SMILES string of the molecule is CCP(=O)(O)c1ccc([N+](=O)[O-])cc1. The topological polar surface area (TPSA) is 80.4 Å². The summed E-state index contributed by atoms with van der Waals surface area (Å²) < 4.78 is 11.5. The minimum Gasteiger partial charge on any atom is -0.341 e. The largest absolute Gasteiger partial charge is 0.341 e. The van der Waals surface area contributed by atoms with Crippen molar-refractivity contribution in [3.8, 4) is 0 Å². The standard InChI is InChI=1S/C8H10NO4P/c1-2-14(12,13)8-5-3-7(4-6-8)9(10)11/h3-6H,2H2,1H3,(H,12,13). The van der Waals surface area contributed by atoms with Gasteiger partial charge >= 0.3 is 0 Å². The summed E-state index contributed by atoms with van der Waals surface area (Å²) in [4.78, 5) is 19.2. The number of nitrogens with zero attached hydrogens (tertiary/aromatic N) is 1. The van der Waals surface area contributed by atoms with E-state index in [1.54, 1.807) is 6.92 Å². The Kier molecular flexibility index (Phi) is 3.03. The van der Waals surface area contributed by atoms with Gasteiger partial charge in [-0.3, -0.25) is 14.7 Å². The van der Waals surface area contributed by atoms with Crippen molar-refractivity contribution >= 4 is 18.4 Å². The molecule has 6 heteroatoms. The molecule has 0 bridgehead atoms. The predicted molar refractivity (Wildman–Crippen MR) is 53.1 cm³/mol. The van der Waals surface area contributed by atoms with Gasteiger partial charge in [0.2, 0.25) is 7.37 Å². The van der Waals surface area contributed by atoms with Crippen molar-refractivity contribution in [2.24, 2.45) is 0 Å². The highest BCUT2D eigenvalue weighted by Gasteiger charge is 2.18. The Morgan fingerprint density at radius 2 is 1.93 bits per heavy atom. The highest BCUT2D eigenvalue weighted by atomic mass is 31.2. The average Bonchev–Trinajstić information content (AvgIpc) is 2.18. The molecule has 0 amide bonds. The Labute approximate surface area is 81.0 Å². The van der Waals surface area contributed by atoms with Crippen LogP contribution in [0, 0.1) is 10.1 Å². The van der Waals surface area contributed by atoms with E-state index in [2.05, 4.69) is 0 Å². The van der Waals surface area contributed by atoms with Crippen molar-refractivity contribution in [1.82, 2.24) is 0 Å². The lowest BCUT2D eigenvalue weighted by Crippen LogP contribution is -2.05. The minimum atomic E-state index is -3.30. The van der Waals surface area contributed by atoms with Gasteiger partial charge in [-0.2, -0.15) is 0 Å². The molecule has 1 rings (SSSR count). The van der Waals surface area contributed by atoms with E-state index in [0.29, 0.717) is 0 Å². The lowest BCUT2D eigenvalue weighted by Gasteiger charge is -2.07. The quantitative estimate of drug-likeness (QED) is 0.470. The maximum absolute atomic E-state index is 11.5. The highest BCUT2D eigenvalue weighted by molar-refractivity contribution is 7.66. The first kappa shape index (κ1) is 10.9. The molecular formula is C8H10NO4P. The maximum atomic E-state index is 11.5. The molecule has 0 aliphatic carbocycles. The Morgan fingerprint density at radius 3 is 2.29 bits per heavy atom. The summed E-state index contributed by atoms with van der Waals surface area (Å²) in [5.41, 5.74) is -0.0788. The van der Waals surface area contributed by atoms with Crippen LogP contribution in [0.1, 0.15) is 6.92 Å². The number of non-ortho nitro benzene ring substituents is 1. The van der Waals surface area contributed by atoms with Crippen LogP contribution in [-0.2, 0) is 4.57 Å². The monoisotopic (exact) mass is 215 g/mol. The molecular weight excluding hydrogens is 205 g/mol. The molecule has 1 unspecified atom stereocenters. The van der Waals surface area contributed by atoms with Crippen LogP contribution < -0.4 is 5.30 Å². The molecule has 0 aliphatic rings. The molecule has 1 aromatic carbocycles. The molecule has 0 fully saturated rings. The predicted octanol–water partition coefficient (Wildman–Crippen LogP) is 1.51. The van der Waals surface area contributed by atoms with Crippen LogP contribution in [0.15, 0.2) is 24.3 Å². The van der Waals surface area contributed by atoms with Crippen LogP contribution in [0.25, 0.3) is 0 Å². The molecule has 0 radical (unpaired) electrons. The van der Waals surface area contributed by atoms with Crippen molar-refractivity contribution in [3.05, 3.63) is 34.4 Å². The lowest BCUT2D eigenvalue weighted by molar-refractivity contribution is -0.384. The molecule has 0 saturated carbocycles. The van der Waals surface area contributed by atoms with Gasteiger partial charge in [-0.25, -0.2) is 0 Å². The average molecular weight is 215 g/mol. The Morgan fingerprint density at radius 1 is 1.43 bits per heavy atom. The maximum Gasteiger partial charge on any atom is 0.269 e. The molecule has 1 atom stereocenters. The van der Waals surface area contributed by atoms with Gasteiger partial charge < -0.3 is 4.89 Å². The van der Waals surface area contributed by atoms with Crippen LogP contribution in [0.5, 0.6) is 0 Å². The van der Waals surface area contributed by atoms with Crippen molar-refractivity contribution in [2.45, 2.75) is 6.92 Å². The molecule has 14 heavy (non-hydrogen) atoms. The molecule has 76 valence electrons. The van der Waals surface area contributed by atoms with Crippen LogP contribution >= 0.6 is 7.37 Å². The lowest BCUT2D eigenvalue weighted by atomic mass is 10.3. The van der Waals surface area contributed by atoms with E-state index in [0.717, 1.165) is 0 Å². The van der Waals surface area contributed by atoms with Gasteiger partial charge in [-0.15, -0.1) is 0 Å². The van der Waals surface area contributed by atoms with Crippen LogP contribution in [0.4, 0.5) is 5.69 Å². The van der Waals surface area contributed by atoms with Crippen molar-refractivity contribution < 1.29 is 14.4 Å². The third kappa shape index (κ3) is 2.19. The van der Waals surface area contributed by atoms with Gasteiger partial charge in [-0.1, -0.05) is 6.92 Å². The Bertz CT molecular complexity index is 387. The molecule has 0 heterocycles. The van der Waals surface area contributed by atoms with Gasteiger partial charge in [0.1, 0.15) is 0 Å². The van der Waals surface area contributed by atoms with E-state index in [1.165, 1.54) is 24.3 Å². The molecule has 1 N–H and O–H groups in total. The zero-order valence-electron chi connectivity index (χ0n) is 7.58. The smallest absolute Gasteiger partial charge is 0.269 e. The number of benzene rings is 1. The molecule has 1 aromatic rings. The second kappa shape index (κ2) is 3.90. The van der Waals surface area contributed by atoms with E-state index < -0.39 is 12.3 Å². The fraction of sp³-hybridized carbons (Fsp3) is 0.250. The summed E-state index contributed by atoms with van der Waals surface area (Å²) in [6.45, 7) is 1.60. The van der Waals surface area contributed by atoms with Gasteiger partial charge in [0, 0.05) is 23.6 Å². The number of hydrogen-bond acceptors (Lipinski definition) is 3. The van der Waals surface area contributed by atoms with E-state index in [4.69, 9.17) is 0 Å². The third-order valence-corrected chi connectivity index (χ3v) is 3.85. The zero-order valence-corrected chi connectivity index (χ0v) is 8.48. The number of nitro benzene ring substituents is 1. The molecule has 0 spiro atoms. The van der Waals surface area contributed by atoms with Gasteiger partial charge in [0.15, 0.2) is 0 Å². The van der Waals surface area contributed by atoms with E-state index in [-0.39, 0.29) is 17.2 Å². The number of nitro groups is 1. The highest BCUT2D eigenvalue weighted by Crippen LogP contribution is 2.38. The Hall–Kier alpha value is -1.19. The number of hydrogen-bond donors (Lipinski definition) is 1. The minimum absolute atomic E-state index is 0.0788. The van der Waals surface area contributed by atoms with Crippen LogP contribution in [-0.4, -0.2) is 16.0 Å². The molecule has 0 aliphatic heterocycles. The van der Waals surface area contributed by atoms with Crippen LogP contribution in [0.3, 0.4) is 0 Å².